The van der Waals surface area contributed by atoms with Crippen molar-refractivity contribution in [2.45, 2.75) is 6.54 Å². The van der Waals surface area contributed by atoms with Crippen LogP contribution in [0.25, 0.3) is 11.3 Å². The van der Waals surface area contributed by atoms with Crippen LogP contribution in [0.5, 0.6) is 5.75 Å². The molecule has 0 saturated carbocycles. The van der Waals surface area contributed by atoms with Gasteiger partial charge in [-0.25, -0.2) is 4.98 Å². The molecule has 0 fully saturated rings. The predicted molar refractivity (Wildman–Crippen MR) is 63.3 cm³/mol. The molecule has 1 heterocycles. The van der Waals surface area contributed by atoms with Crippen LogP contribution >= 0.6 is 0 Å². The second-order valence-corrected chi connectivity index (χ2v) is 3.52. The first-order valence-electron chi connectivity index (χ1n) is 5.20. The van der Waals surface area contributed by atoms with Crippen molar-refractivity contribution >= 4 is 0 Å². The third-order valence-electron chi connectivity index (χ3n) is 2.39. The Kier molecular flexibility index (Phi) is 3.22. The lowest BCUT2D eigenvalue weighted by Crippen LogP contribution is -2.07. The van der Waals surface area contributed by atoms with Crippen molar-refractivity contribution in [3.8, 4) is 17.0 Å². The van der Waals surface area contributed by atoms with Gasteiger partial charge in [-0.05, 0) is 12.1 Å². The molecule has 0 bridgehead atoms. The van der Waals surface area contributed by atoms with Crippen LogP contribution in [0.2, 0.25) is 0 Å². The summed E-state index contributed by atoms with van der Waals surface area (Å²) in [6, 6.07) is 7.85. The van der Waals surface area contributed by atoms with Crippen molar-refractivity contribution in [3.63, 3.8) is 0 Å². The minimum Gasteiger partial charge on any atom is -0.497 e. The van der Waals surface area contributed by atoms with Gasteiger partial charge in [-0.15, -0.1) is 0 Å². The predicted octanol–water partition coefficient (Wildman–Crippen LogP) is 1.52. The normalized spacial score (nSPS) is 10.4. The van der Waals surface area contributed by atoms with Gasteiger partial charge in [-0.1, -0.05) is 12.1 Å². The molecule has 84 valence electrons. The van der Waals surface area contributed by atoms with Crippen LogP contribution in [-0.4, -0.2) is 23.2 Å². The zero-order valence-corrected chi connectivity index (χ0v) is 9.26. The lowest BCUT2D eigenvalue weighted by atomic mass is 10.1. The number of hydrogen-bond donors (Lipinski definition) is 1. The molecule has 0 unspecified atom stereocenters. The fourth-order valence-corrected chi connectivity index (χ4v) is 1.56. The Bertz CT molecular complexity index is 465. The standard InChI is InChI=1S/C12H15N3O/c1-16-11-4-2-3-10(7-11)12-8-15(6-5-13)9-14-12/h2-4,7-9H,5-6,13H2,1H3. The number of nitrogens with zero attached hydrogens (tertiary/aromatic N) is 2. The van der Waals surface area contributed by atoms with Crippen molar-refractivity contribution in [3.05, 3.63) is 36.8 Å². The maximum Gasteiger partial charge on any atom is 0.119 e. The van der Waals surface area contributed by atoms with Crippen LogP contribution in [0.3, 0.4) is 0 Å². The summed E-state index contributed by atoms with van der Waals surface area (Å²) in [4.78, 5) is 4.33. The number of rotatable bonds is 4. The van der Waals surface area contributed by atoms with Gasteiger partial charge in [0.25, 0.3) is 0 Å². The minimum atomic E-state index is 0.619. The Balaban J connectivity index is 2.27. The Morgan fingerprint density at radius 2 is 2.31 bits per heavy atom. The molecule has 0 radical (unpaired) electrons. The molecule has 1 aromatic heterocycles. The number of hydrogen-bond acceptors (Lipinski definition) is 3. The minimum absolute atomic E-state index is 0.619. The fourth-order valence-electron chi connectivity index (χ4n) is 1.56. The Labute approximate surface area is 94.7 Å². The molecular formula is C12H15N3O. The quantitative estimate of drug-likeness (QED) is 0.844. The van der Waals surface area contributed by atoms with E-state index in [1.54, 1.807) is 13.4 Å². The van der Waals surface area contributed by atoms with E-state index in [1.807, 2.05) is 35.0 Å². The molecule has 16 heavy (non-hydrogen) atoms. The van der Waals surface area contributed by atoms with Crippen molar-refractivity contribution < 1.29 is 4.74 Å². The molecule has 0 saturated heterocycles. The highest BCUT2D eigenvalue weighted by Gasteiger charge is 2.02. The summed E-state index contributed by atoms with van der Waals surface area (Å²) in [5.74, 6) is 0.839. The molecule has 0 aliphatic carbocycles. The van der Waals surface area contributed by atoms with Crippen LogP contribution < -0.4 is 10.5 Å². The zero-order chi connectivity index (χ0) is 11.4. The topological polar surface area (TPSA) is 53.1 Å². The van der Waals surface area contributed by atoms with Gasteiger partial charge in [0.1, 0.15) is 5.75 Å². The van der Waals surface area contributed by atoms with Gasteiger partial charge in [0.15, 0.2) is 0 Å². The monoisotopic (exact) mass is 217 g/mol. The first kappa shape index (κ1) is 10.7. The molecule has 4 heteroatoms. The second-order valence-electron chi connectivity index (χ2n) is 3.52. The maximum absolute atomic E-state index is 5.49. The van der Waals surface area contributed by atoms with Crippen molar-refractivity contribution in [2.75, 3.05) is 13.7 Å². The summed E-state index contributed by atoms with van der Waals surface area (Å²) in [5.41, 5.74) is 7.47. The van der Waals surface area contributed by atoms with E-state index >= 15 is 0 Å². The van der Waals surface area contributed by atoms with Crippen LogP contribution in [0.4, 0.5) is 0 Å². The highest BCUT2D eigenvalue weighted by atomic mass is 16.5. The van der Waals surface area contributed by atoms with E-state index in [4.69, 9.17) is 10.5 Å². The van der Waals surface area contributed by atoms with Crippen molar-refractivity contribution in [2.24, 2.45) is 5.73 Å². The molecule has 2 rings (SSSR count). The third kappa shape index (κ3) is 2.23. The smallest absolute Gasteiger partial charge is 0.119 e. The molecule has 2 N–H and O–H groups in total. The lowest BCUT2D eigenvalue weighted by Gasteiger charge is -2.01. The highest BCUT2D eigenvalue weighted by Crippen LogP contribution is 2.21. The maximum atomic E-state index is 5.49. The van der Waals surface area contributed by atoms with Crippen LogP contribution in [0, 0.1) is 0 Å². The summed E-state index contributed by atoms with van der Waals surface area (Å²) in [7, 11) is 1.66. The first-order chi connectivity index (χ1) is 7.83. The molecule has 4 nitrogen and oxygen atoms in total. The van der Waals surface area contributed by atoms with Gasteiger partial charge in [-0.3, -0.25) is 0 Å². The number of imidazole rings is 1. The van der Waals surface area contributed by atoms with Gasteiger partial charge >= 0.3 is 0 Å². The molecule has 0 aliphatic heterocycles. The largest absolute Gasteiger partial charge is 0.497 e. The number of benzene rings is 1. The van der Waals surface area contributed by atoms with Gasteiger partial charge in [0.2, 0.25) is 0 Å². The molecule has 1 aromatic carbocycles. The highest BCUT2D eigenvalue weighted by molar-refractivity contribution is 5.60. The van der Waals surface area contributed by atoms with E-state index in [0.29, 0.717) is 6.54 Å². The fraction of sp³-hybridized carbons (Fsp3) is 0.250. The first-order valence-corrected chi connectivity index (χ1v) is 5.20. The molecule has 2 aromatic rings. The zero-order valence-electron chi connectivity index (χ0n) is 9.26. The van der Waals surface area contributed by atoms with E-state index in [0.717, 1.165) is 23.6 Å². The molecular weight excluding hydrogens is 202 g/mol. The van der Waals surface area contributed by atoms with Crippen LogP contribution in [0.15, 0.2) is 36.8 Å². The molecule has 0 atom stereocenters. The summed E-state index contributed by atoms with van der Waals surface area (Å²) in [5, 5.41) is 0. The van der Waals surface area contributed by atoms with E-state index in [-0.39, 0.29) is 0 Å². The number of methoxy groups -OCH3 is 1. The summed E-state index contributed by atoms with van der Waals surface area (Å²) in [6.07, 6.45) is 3.78. The van der Waals surface area contributed by atoms with Crippen LogP contribution in [-0.2, 0) is 6.54 Å². The number of ether oxygens (including phenoxy) is 1. The van der Waals surface area contributed by atoms with Crippen molar-refractivity contribution in [1.82, 2.24) is 9.55 Å². The summed E-state index contributed by atoms with van der Waals surface area (Å²) >= 11 is 0. The van der Waals surface area contributed by atoms with E-state index in [9.17, 15) is 0 Å². The molecule has 0 amide bonds. The average molecular weight is 217 g/mol. The summed E-state index contributed by atoms with van der Waals surface area (Å²) in [6.45, 7) is 1.41. The van der Waals surface area contributed by atoms with E-state index < -0.39 is 0 Å². The van der Waals surface area contributed by atoms with E-state index in [2.05, 4.69) is 4.98 Å². The van der Waals surface area contributed by atoms with Gasteiger partial charge in [0.05, 0.1) is 19.1 Å². The molecule has 0 spiro atoms. The third-order valence-corrected chi connectivity index (χ3v) is 2.39. The number of nitrogens with two attached hydrogens (primary N) is 1. The van der Waals surface area contributed by atoms with Crippen LogP contribution in [0.1, 0.15) is 0 Å². The number of aromatic nitrogens is 2. The van der Waals surface area contributed by atoms with Gasteiger partial charge in [0, 0.05) is 24.8 Å². The Hall–Kier alpha value is -1.81. The summed E-state index contributed by atoms with van der Waals surface area (Å²) < 4.78 is 7.16. The van der Waals surface area contributed by atoms with Crippen molar-refractivity contribution in [1.29, 1.82) is 0 Å². The van der Waals surface area contributed by atoms with Gasteiger partial charge in [-0.2, -0.15) is 0 Å². The van der Waals surface area contributed by atoms with E-state index in [1.165, 1.54) is 0 Å². The Morgan fingerprint density at radius 1 is 1.44 bits per heavy atom. The Morgan fingerprint density at radius 3 is 3.06 bits per heavy atom. The van der Waals surface area contributed by atoms with Gasteiger partial charge < -0.3 is 15.0 Å². The lowest BCUT2D eigenvalue weighted by molar-refractivity contribution is 0.415. The molecule has 0 aliphatic rings. The second kappa shape index (κ2) is 4.81. The SMILES string of the molecule is COc1cccc(-c2cn(CCN)cn2)c1. The average Bonchev–Trinajstić information content (AvgIpc) is 2.78.